The third-order valence-corrected chi connectivity index (χ3v) is 5.11. The van der Waals surface area contributed by atoms with E-state index in [0.717, 1.165) is 50.8 Å². The second-order valence-corrected chi connectivity index (χ2v) is 7.18. The van der Waals surface area contributed by atoms with Gasteiger partial charge in [0.25, 0.3) is 5.91 Å². The van der Waals surface area contributed by atoms with Crippen molar-refractivity contribution in [2.24, 2.45) is 0 Å². The number of carbonyl (C=O) groups is 1. The van der Waals surface area contributed by atoms with Crippen molar-refractivity contribution in [1.29, 1.82) is 0 Å². The second-order valence-electron chi connectivity index (χ2n) is 7.18. The zero-order chi connectivity index (χ0) is 18.1. The molecule has 1 aromatic heterocycles. The van der Waals surface area contributed by atoms with Gasteiger partial charge in [0.2, 0.25) is 0 Å². The van der Waals surface area contributed by atoms with Crippen LogP contribution in [0.2, 0.25) is 0 Å². The lowest BCUT2D eigenvalue weighted by atomic mass is 10.1. The molecular weight excluding hydrogens is 333 g/mol. The Balaban J connectivity index is 1.56. The molecule has 1 N–H and O–H groups in total. The van der Waals surface area contributed by atoms with Crippen molar-refractivity contribution < 1.29 is 13.9 Å². The predicted octanol–water partition coefficient (Wildman–Crippen LogP) is 4.49. The van der Waals surface area contributed by atoms with E-state index in [4.69, 9.17) is 4.74 Å². The standard InChI is InChI=1S/C20H24FN3O2/c1-2-24-12-16(19(23-24)13-7-8-13)20(25)22-17-10-9-14(21)11-18(17)26-15-5-3-4-6-15/h9-13,15H,2-8H2,1H3,(H,22,25). The number of anilines is 1. The largest absolute Gasteiger partial charge is 0.488 e. The van der Waals surface area contributed by atoms with Crippen molar-refractivity contribution in [3.8, 4) is 5.75 Å². The Labute approximate surface area is 152 Å². The minimum absolute atomic E-state index is 0.0947. The summed E-state index contributed by atoms with van der Waals surface area (Å²) in [6.45, 7) is 2.72. The molecule has 0 aliphatic heterocycles. The van der Waals surface area contributed by atoms with Crippen molar-refractivity contribution in [3.05, 3.63) is 41.5 Å². The Kier molecular flexibility index (Phi) is 4.66. The highest BCUT2D eigenvalue weighted by molar-refractivity contribution is 6.05. The zero-order valence-corrected chi connectivity index (χ0v) is 15.0. The van der Waals surface area contributed by atoms with Crippen LogP contribution >= 0.6 is 0 Å². The third kappa shape index (κ3) is 3.59. The van der Waals surface area contributed by atoms with Crippen LogP contribution in [0, 0.1) is 5.82 Å². The van der Waals surface area contributed by atoms with Gasteiger partial charge < -0.3 is 10.1 Å². The first kappa shape index (κ1) is 17.1. The van der Waals surface area contributed by atoms with E-state index >= 15 is 0 Å². The summed E-state index contributed by atoms with van der Waals surface area (Å²) in [6.07, 6.45) is 8.24. The Morgan fingerprint density at radius 2 is 2.08 bits per heavy atom. The molecule has 2 saturated carbocycles. The average Bonchev–Trinajstić information content (AvgIpc) is 3.17. The Morgan fingerprint density at radius 1 is 1.31 bits per heavy atom. The van der Waals surface area contributed by atoms with Crippen molar-refractivity contribution in [3.63, 3.8) is 0 Å². The van der Waals surface area contributed by atoms with E-state index in [9.17, 15) is 9.18 Å². The molecule has 0 spiro atoms. The number of amides is 1. The molecule has 0 radical (unpaired) electrons. The molecule has 0 atom stereocenters. The first-order valence-corrected chi connectivity index (χ1v) is 9.49. The minimum Gasteiger partial charge on any atom is -0.488 e. The Morgan fingerprint density at radius 3 is 2.77 bits per heavy atom. The maximum absolute atomic E-state index is 13.7. The van der Waals surface area contributed by atoms with E-state index in [0.29, 0.717) is 22.9 Å². The molecule has 1 amide bonds. The van der Waals surface area contributed by atoms with Gasteiger partial charge in [-0.15, -0.1) is 0 Å². The van der Waals surface area contributed by atoms with Crippen LogP contribution in [0.5, 0.6) is 5.75 Å². The fourth-order valence-electron chi connectivity index (χ4n) is 3.50. The summed E-state index contributed by atoms with van der Waals surface area (Å²) >= 11 is 0. The first-order chi connectivity index (χ1) is 12.6. The van der Waals surface area contributed by atoms with Crippen LogP contribution in [0.4, 0.5) is 10.1 Å². The summed E-state index contributed by atoms with van der Waals surface area (Å²) in [6, 6.07) is 4.26. The fourth-order valence-corrected chi connectivity index (χ4v) is 3.50. The van der Waals surface area contributed by atoms with Crippen molar-refractivity contribution >= 4 is 11.6 Å². The Hall–Kier alpha value is -2.37. The normalized spacial score (nSPS) is 17.5. The molecule has 26 heavy (non-hydrogen) atoms. The van der Waals surface area contributed by atoms with E-state index in [1.807, 2.05) is 6.92 Å². The molecule has 1 heterocycles. The lowest BCUT2D eigenvalue weighted by molar-refractivity contribution is 0.102. The quantitative estimate of drug-likeness (QED) is 0.828. The number of aryl methyl sites for hydroxylation is 1. The number of hydrogen-bond acceptors (Lipinski definition) is 3. The van der Waals surface area contributed by atoms with Crippen molar-refractivity contribution in [2.75, 3.05) is 5.32 Å². The fraction of sp³-hybridized carbons (Fsp3) is 0.500. The summed E-state index contributed by atoms with van der Waals surface area (Å²) in [5, 5.41) is 7.44. The topological polar surface area (TPSA) is 56.2 Å². The highest BCUT2D eigenvalue weighted by Gasteiger charge is 2.31. The summed E-state index contributed by atoms with van der Waals surface area (Å²) < 4.78 is 21.5. The molecule has 5 nitrogen and oxygen atoms in total. The number of nitrogens with one attached hydrogen (secondary N) is 1. The number of rotatable bonds is 6. The summed E-state index contributed by atoms with van der Waals surface area (Å²) in [5.41, 5.74) is 1.98. The molecule has 0 saturated heterocycles. The van der Waals surface area contributed by atoms with Gasteiger partial charge in [0.05, 0.1) is 23.0 Å². The highest BCUT2D eigenvalue weighted by Crippen LogP contribution is 2.41. The van der Waals surface area contributed by atoms with Crippen LogP contribution in [-0.4, -0.2) is 21.8 Å². The van der Waals surface area contributed by atoms with Gasteiger partial charge >= 0.3 is 0 Å². The van der Waals surface area contributed by atoms with Gasteiger partial charge in [-0.2, -0.15) is 5.10 Å². The second kappa shape index (κ2) is 7.09. The predicted molar refractivity (Wildman–Crippen MR) is 97.1 cm³/mol. The van der Waals surface area contributed by atoms with Gasteiger partial charge in [0.1, 0.15) is 11.6 Å². The van der Waals surface area contributed by atoms with E-state index in [-0.39, 0.29) is 17.8 Å². The minimum atomic E-state index is -0.367. The SMILES string of the molecule is CCn1cc(C(=O)Nc2ccc(F)cc2OC2CCCC2)c(C2CC2)n1. The van der Waals surface area contributed by atoms with Crippen LogP contribution in [-0.2, 0) is 6.54 Å². The van der Waals surface area contributed by atoms with Crippen LogP contribution < -0.4 is 10.1 Å². The number of aromatic nitrogens is 2. The van der Waals surface area contributed by atoms with E-state index in [1.165, 1.54) is 12.1 Å². The molecule has 2 fully saturated rings. The number of benzene rings is 1. The number of nitrogens with zero attached hydrogens (tertiary/aromatic N) is 2. The zero-order valence-electron chi connectivity index (χ0n) is 15.0. The van der Waals surface area contributed by atoms with E-state index in [1.54, 1.807) is 16.9 Å². The molecule has 6 heteroatoms. The lowest BCUT2D eigenvalue weighted by Crippen LogP contribution is -2.16. The van der Waals surface area contributed by atoms with Gasteiger partial charge in [0, 0.05) is 24.7 Å². The highest BCUT2D eigenvalue weighted by atomic mass is 19.1. The van der Waals surface area contributed by atoms with Crippen molar-refractivity contribution in [1.82, 2.24) is 9.78 Å². The van der Waals surface area contributed by atoms with Crippen molar-refractivity contribution in [2.45, 2.75) is 64.0 Å². The third-order valence-electron chi connectivity index (χ3n) is 5.11. The molecule has 4 rings (SSSR count). The number of carbonyl (C=O) groups excluding carboxylic acids is 1. The van der Waals surface area contributed by atoms with E-state index < -0.39 is 0 Å². The molecule has 2 aliphatic rings. The molecule has 138 valence electrons. The van der Waals surface area contributed by atoms with Gasteiger partial charge in [-0.05, 0) is 57.6 Å². The van der Waals surface area contributed by atoms with Gasteiger partial charge in [-0.25, -0.2) is 4.39 Å². The summed E-state index contributed by atoms with van der Waals surface area (Å²) in [5.74, 6) is 0.204. The molecule has 2 aromatic rings. The molecular formula is C20H24FN3O2. The van der Waals surface area contributed by atoms with Gasteiger partial charge in [-0.3, -0.25) is 9.48 Å². The molecule has 1 aromatic carbocycles. The number of ether oxygens (including phenoxy) is 1. The maximum Gasteiger partial charge on any atom is 0.259 e. The van der Waals surface area contributed by atoms with Gasteiger partial charge in [0.15, 0.2) is 0 Å². The molecule has 2 aliphatic carbocycles. The Bertz CT molecular complexity index is 807. The van der Waals surface area contributed by atoms with Gasteiger partial charge in [-0.1, -0.05) is 0 Å². The smallest absolute Gasteiger partial charge is 0.259 e. The summed E-state index contributed by atoms with van der Waals surface area (Å²) in [4.78, 5) is 12.9. The van der Waals surface area contributed by atoms with Crippen LogP contribution in [0.15, 0.2) is 24.4 Å². The van der Waals surface area contributed by atoms with E-state index in [2.05, 4.69) is 10.4 Å². The lowest BCUT2D eigenvalue weighted by Gasteiger charge is -2.17. The maximum atomic E-state index is 13.7. The van der Waals surface area contributed by atoms with Crippen LogP contribution in [0.3, 0.4) is 0 Å². The average molecular weight is 357 g/mol. The summed E-state index contributed by atoms with van der Waals surface area (Å²) in [7, 11) is 0. The number of halogens is 1. The number of hydrogen-bond donors (Lipinski definition) is 1. The van der Waals surface area contributed by atoms with Crippen LogP contribution in [0.25, 0.3) is 0 Å². The molecule has 0 unspecified atom stereocenters. The monoisotopic (exact) mass is 357 g/mol. The first-order valence-electron chi connectivity index (χ1n) is 9.49. The molecule has 0 bridgehead atoms. The van der Waals surface area contributed by atoms with Crippen LogP contribution in [0.1, 0.15) is 67.4 Å².